The van der Waals surface area contributed by atoms with Gasteiger partial charge in [-0.2, -0.15) is 0 Å². The highest BCUT2D eigenvalue weighted by atomic mass is 15.0. The summed E-state index contributed by atoms with van der Waals surface area (Å²) in [5.74, 6) is 1.52. The molecule has 2 heterocycles. The summed E-state index contributed by atoms with van der Waals surface area (Å²) >= 11 is 0. The highest BCUT2D eigenvalue weighted by Gasteiger charge is 2.08. The number of hydrogen-bond donors (Lipinski definition) is 0. The minimum Gasteiger partial charge on any atom is -0.287 e. The molecule has 0 fully saturated rings. The van der Waals surface area contributed by atoms with E-state index in [1.165, 1.54) is 0 Å². The van der Waals surface area contributed by atoms with Gasteiger partial charge in [0, 0.05) is 11.6 Å². The lowest BCUT2D eigenvalue weighted by Gasteiger charge is -2.09. The molecule has 14 heavy (non-hydrogen) atoms. The summed E-state index contributed by atoms with van der Waals surface area (Å²) in [6.45, 7) is 6.43. The van der Waals surface area contributed by atoms with Crippen LogP contribution in [-0.2, 0) is 6.42 Å². The van der Waals surface area contributed by atoms with E-state index in [9.17, 15) is 0 Å². The summed E-state index contributed by atoms with van der Waals surface area (Å²) < 4.78 is 2.06. The van der Waals surface area contributed by atoms with E-state index in [1.54, 1.807) is 0 Å². The highest BCUT2D eigenvalue weighted by Crippen LogP contribution is 2.15. The van der Waals surface area contributed by atoms with Crippen molar-refractivity contribution in [2.45, 2.75) is 33.1 Å². The first-order valence-electron chi connectivity index (χ1n) is 5.04. The topological polar surface area (TPSA) is 30.2 Å². The fraction of sp³-hybridized carbons (Fsp3) is 0.455. The second-order valence-corrected chi connectivity index (χ2v) is 3.80. The van der Waals surface area contributed by atoms with Crippen LogP contribution in [0.3, 0.4) is 0 Å². The molecule has 0 amide bonds. The predicted molar refractivity (Wildman–Crippen MR) is 56.5 cm³/mol. The zero-order valence-corrected chi connectivity index (χ0v) is 8.86. The summed E-state index contributed by atoms with van der Waals surface area (Å²) in [5, 5.41) is 0. The largest absolute Gasteiger partial charge is 0.287 e. The smallest absolute Gasteiger partial charge is 0.117 e. The fourth-order valence-corrected chi connectivity index (χ4v) is 1.60. The van der Waals surface area contributed by atoms with E-state index in [0.29, 0.717) is 5.92 Å². The Kier molecular flexibility index (Phi) is 2.23. The van der Waals surface area contributed by atoms with Crippen LogP contribution in [0.4, 0.5) is 0 Å². The Morgan fingerprint density at radius 3 is 2.86 bits per heavy atom. The summed E-state index contributed by atoms with van der Waals surface area (Å²) in [6, 6.07) is 2.10. The van der Waals surface area contributed by atoms with Gasteiger partial charge in [-0.1, -0.05) is 20.8 Å². The van der Waals surface area contributed by atoms with Crippen molar-refractivity contribution in [2.24, 2.45) is 0 Å². The molecule has 3 heteroatoms. The molecule has 0 aliphatic rings. The summed E-state index contributed by atoms with van der Waals surface area (Å²) in [4.78, 5) is 8.76. The molecule has 2 aromatic rings. The monoisotopic (exact) mass is 189 g/mol. The molecule has 0 saturated carbocycles. The molecule has 2 aromatic heterocycles. The van der Waals surface area contributed by atoms with Crippen molar-refractivity contribution in [1.29, 1.82) is 0 Å². The Morgan fingerprint density at radius 1 is 1.43 bits per heavy atom. The molecule has 2 rings (SSSR count). The van der Waals surface area contributed by atoms with Crippen LogP contribution in [-0.4, -0.2) is 14.4 Å². The number of imidazole rings is 1. The summed E-state index contributed by atoms with van der Waals surface area (Å²) in [6.07, 6.45) is 4.69. The molecule has 0 aliphatic carbocycles. The van der Waals surface area contributed by atoms with Gasteiger partial charge in [0.25, 0.3) is 0 Å². The minimum absolute atomic E-state index is 0.429. The van der Waals surface area contributed by atoms with Crippen molar-refractivity contribution >= 4 is 5.52 Å². The van der Waals surface area contributed by atoms with Gasteiger partial charge in [0.2, 0.25) is 0 Å². The molecule has 0 saturated heterocycles. The van der Waals surface area contributed by atoms with Crippen LogP contribution in [0.15, 0.2) is 18.6 Å². The van der Waals surface area contributed by atoms with E-state index in [0.717, 1.165) is 23.5 Å². The number of aryl methyl sites for hydroxylation is 1. The van der Waals surface area contributed by atoms with Gasteiger partial charge in [0.05, 0.1) is 11.7 Å². The third-order valence-corrected chi connectivity index (χ3v) is 2.37. The van der Waals surface area contributed by atoms with E-state index in [4.69, 9.17) is 0 Å². The van der Waals surface area contributed by atoms with Gasteiger partial charge in [-0.05, 0) is 12.5 Å². The lowest BCUT2D eigenvalue weighted by atomic mass is 10.2. The van der Waals surface area contributed by atoms with Crippen LogP contribution in [0.2, 0.25) is 0 Å². The van der Waals surface area contributed by atoms with Crippen molar-refractivity contribution in [3.63, 3.8) is 0 Å². The number of rotatable bonds is 2. The average Bonchev–Trinajstić information content (AvgIpc) is 2.63. The second kappa shape index (κ2) is 3.40. The van der Waals surface area contributed by atoms with Crippen LogP contribution in [0.1, 0.15) is 38.2 Å². The second-order valence-electron chi connectivity index (χ2n) is 3.80. The van der Waals surface area contributed by atoms with Crippen molar-refractivity contribution in [1.82, 2.24) is 14.4 Å². The van der Waals surface area contributed by atoms with Crippen LogP contribution in [0.5, 0.6) is 0 Å². The van der Waals surface area contributed by atoms with Gasteiger partial charge < -0.3 is 0 Å². The Balaban J connectivity index is 2.70. The first kappa shape index (κ1) is 9.19. The fourth-order valence-electron chi connectivity index (χ4n) is 1.60. The van der Waals surface area contributed by atoms with Gasteiger partial charge in [-0.3, -0.25) is 4.40 Å². The van der Waals surface area contributed by atoms with Gasteiger partial charge in [-0.15, -0.1) is 0 Å². The lowest BCUT2D eigenvalue weighted by Crippen LogP contribution is -2.04. The van der Waals surface area contributed by atoms with Crippen molar-refractivity contribution < 1.29 is 0 Å². The molecule has 0 atom stereocenters. The maximum atomic E-state index is 4.61. The standard InChI is InChI=1S/C11H15N3/c1-4-9-5-10-6-12-7-14(10)11(13-9)8(2)3/h5-8H,4H2,1-3H3. The molecule has 0 bridgehead atoms. The number of aromatic nitrogens is 3. The first-order chi connectivity index (χ1) is 6.72. The Morgan fingerprint density at radius 2 is 2.21 bits per heavy atom. The molecule has 0 aliphatic heterocycles. The number of hydrogen-bond acceptors (Lipinski definition) is 2. The zero-order valence-electron chi connectivity index (χ0n) is 8.86. The van der Waals surface area contributed by atoms with Gasteiger partial charge in [0.15, 0.2) is 0 Å². The molecule has 0 spiro atoms. The molecule has 3 nitrogen and oxygen atoms in total. The molecule has 0 aromatic carbocycles. The Hall–Kier alpha value is -1.38. The van der Waals surface area contributed by atoms with Crippen molar-refractivity contribution in [3.8, 4) is 0 Å². The maximum Gasteiger partial charge on any atom is 0.117 e. The van der Waals surface area contributed by atoms with Crippen molar-refractivity contribution in [2.75, 3.05) is 0 Å². The third kappa shape index (κ3) is 1.39. The van der Waals surface area contributed by atoms with Crippen LogP contribution in [0, 0.1) is 0 Å². The van der Waals surface area contributed by atoms with E-state index < -0.39 is 0 Å². The molecule has 74 valence electrons. The molecular formula is C11H15N3. The van der Waals surface area contributed by atoms with Crippen molar-refractivity contribution in [3.05, 3.63) is 30.1 Å². The molecular weight excluding hydrogens is 174 g/mol. The van der Waals surface area contributed by atoms with E-state index >= 15 is 0 Å². The Bertz CT molecular complexity index is 443. The molecule has 0 unspecified atom stereocenters. The summed E-state index contributed by atoms with van der Waals surface area (Å²) in [5.41, 5.74) is 2.28. The van der Waals surface area contributed by atoms with E-state index in [-0.39, 0.29) is 0 Å². The van der Waals surface area contributed by atoms with E-state index in [1.807, 2.05) is 12.5 Å². The third-order valence-electron chi connectivity index (χ3n) is 2.37. The SMILES string of the molecule is CCc1cc2cncn2c(C(C)C)n1. The Labute approximate surface area is 83.8 Å². The molecule has 0 radical (unpaired) electrons. The number of nitrogens with zero attached hydrogens (tertiary/aromatic N) is 3. The van der Waals surface area contributed by atoms with Crippen LogP contribution < -0.4 is 0 Å². The average molecular weight is 189 g/mol. The summed E-state index contributed by atoms with van der Waals surface area (Å²) in [7, 11) is 0. The highest BCUT2D eigenvalue weighted by molar-refractivity contribution is 5.46. The van der Waals surface area contributed by atoms with E-state index in [2.05, 4.69) is 41.2 Å². The molecule has 0 N–H and O–H groups in total. The normalized spacial score (nSPS) is 11.4. The predicted octanol–water partition coefficient (Wildman–Crippen LogP) is 2.42. The minimum atomic E-state index is 0.429. The van der Waals surface area contributed by atoms with Crippen LogP contribution >= 0.6 is 0 Å². The maximum absolute atomic E-state index is 4.61. The van der Waals surface area contributed by atoms with Gasteiger partial charge >= 0.3 is 0 Å². The first-order valence-corrected chi connectivity index (χ1v) is 5.04. The van der Waals surface area contributed by atoms with Gasteiger partial charge in [0.1, 0.15) is 12.2 Å². The zero-order chi connectivity index (χ0) is 10.1. The number of fused-ring (bicyclic) bond motifs is 1. The quantitative estimate of drug-likeness (QED) is 0.726. The van der Waals surface area contributed by atoms with Gasteiger partial charge in [-0.25, -0.2) is 9.97 Å². The van der Waals surface area contributed by atoms with Crippen LogP contribution in [0.25, 0.3) is 5.52 Å². The lowest BCUT2D eigenvalue weighted by molar-refractivity contribution is 0.738.